The molecule has 0 saturated carbocycles. The molecule has 5 nitrogen and oxygen atoms in total. The molecule has 0 fully saturated rings. The number of ether oxygens (including phenoxy) is 2. The maximum Gasteiger partial charge on any atom is 0.232 e. The number of anilines is 1. The number of nitrogens with zero attached hydrogens (tertiary/aromatic N) is 2. The van der Waals surface area contributed by atoms with Gasteiger partial charge in [-0.25, -0.2) is 4.99 Å². The van der Waals surface area contributed by atoms with Gasteiger partial charge in [0.25, 0.3) is 0 Å². The summed E-state index contributed by atoms with van der Waals surface area (Å²) in [4.78, 5) is 18.9. The number of carbonyl (C=O) groups excluding carboxylic acids is 1. The standard InChI is InChI=1S/C23H30N2O3/c1-4-7-8-9-23(26)25(20-12-16-22(17-13-20)28-6-3)18-24-19-10-14-21(15-11-19)27-5-2/h10-18H,4-9H2,1-3H3. The van der Waals surface area contributed by atoms with Gasteiger partial charge in [-0.1, -0.05) is 19.8 Å². The zero-order valence-corrected chi connectivity index (χ0v) is 17.1. The molecule has 150 valence electrons. The van der Waals surface area contributed by atoms with Crippen molar-refractivity contribution in [1.82, 2.24) is 0 Å². The van der Waals surface area contributed by atoms with Crippen LogP contribution in [-0.2, 0) is 4.79 Å². The number of aliphatic imine (C=N–C) groups is 1. The van der Waals surface area contributed by atoms with Crippen molar-refractivity contribution < 1.29 is 14.3 Å². The van der Waals surface area contributed by atoms with Crippen LogP contribution in [0.15, 0.2) is 53.5 Å². The molecule has 0 saturated heterocycles. The Hall–Kier alpha value is -2.82. The number of hydrogen-bond acceptors (Lipinski definition) is 4. The molecule has 0 atom stereocenters. The van der Waals surface area contributed by atoms with Crippen LogP contribution >= 0.6 is 0 Å². The second kappa shape index (κ2) is 11.8. The van der Waals surface area contributed by atoms with Gasteiger partial charge in [0.15, 0.2) is 0 Å². The van der Waals surface area contributed by atoms with E-state index < -0.39 is 0 Å². The summed E-state index contributed by atoms with van der Waals surface area (Å²) in [5.74, 6) is 1.63. The fraction of sp³-hybridized carbons (Fsp3) is 0.391. The average Bonchev–Trinajstić information content (AvgIpc) is 2.71. The maximum absolute atomic E-state index is 12.8. The van der Waals surface area contributed by atoms with E-state index in [-0.39, 0.29) is 5.91 Å². The van der Waals surface area contributed by atoms with Gasteiger partial charge in [0, 0.05) is 6.42 Å². The largest absolute Gasteiger partial charge is 0.494 e. The van der Waals surface area contributed by atoms with Crippen LogP contribution < -0.4 is 14.4 Å². The zero-order chi connectivity index (χ0) is 20.2. The summed E-state index contributed by atoms with van der Waals surface area (Å²) in [5, 5.41) is 0. The van der Waals surface area contributed by atoms with Crippen LogP contribution in [0.3, 0.4) is 0 Å². The molecule has 0 aliphatic rings. The average molecular weight is 383 g/mol. The summed E-state index contributed by atoms with van der Waals surface area (Å²) < 4.78 is 10.9. The highest BCUT2D eigenvalue weighted by Crippen LogP contribution is 2.22. The third-order valence-corrected chi connectivity index (χ3v) is 4.16. The molecule has 0 aliphatic carbocycles. The molecule has 2 aromatic rings. The van der Waals surface area contributed by atoms with E-state index in [1.807, 2.05) is 62.4 Å². The second-order valence-electron chi connectivity index (χ2n) is 6.32. The molecule has 0 bridgehead atoms. The Balaban J connectivity index is 2.17. The first-order valence-corrected chi connectivity index (χ1v) is 9.99. The minimum atomic E-state index is 0.0345. The van der Waals surface area contributed by atoms with Crippen LogP contribution in [0.25, 0.3) is 0 Å². The predicted molar refractivity (Wildman–Crippen MR) is 115 cm³/mol. The molecular formula is C23H30N2O3. The molecule has 2 aromatic carbocycles. The molecule has 28 heavy (non-hydrogen) atoms. The summed E-state index contributed by atoms with van der Waals surface area (Å²) in [7, 11) is 0. The molecule has 5 heteroatoms. The first-order chi connectivity index (χ1) is 13.7. The van der Waals surface area contributed by atoms with Crippen LogP contribution in [0.2, 0.25) is 0 Å². The van der Waals surface area contributed by atoms with Gasteiger partial charge in [0.1, 0.15) is 17.8 Å². The van der Waals surface area contributed by atoms with Gasteiger partial charge in [0.05, 0.1) is 24.6 Å². The quantitative estimate of drug-likeness (QED) is 0.282. The van der Waals surface area contributed by atoms with E-state index in [2.05, 4.69) is 11.9 Å². The molecule has 0 heterocycles. The summed E-state index contributed by atoms with van der Waals surface area (Å²) >= 11 is 0. The third kappa shape index (κ3) is 6.72. The van der Waals surface area contributed by atoms with Crippen molar-refractivity contribution in [3.05, 3.63) is 48.5 Å². The minimum Gasteiger partial charge on any atom is -0.494 e. The molecule has 0 unspecified atom stereocenters. The second-order valence-corrected chi connectivity index (χ2v) is 6.32. The number of benzene rings is 2. The Labute approximate surface area is 168 Å². The molecule has 0 spiro atoms. The monoisotopic (exact) mass is 382 g/mol. The fourth-order valence-electron chi connectivity index (χ4n) is 2.71. The summed E-state index contributed by atoms with van der Waals surface area (Å²) in [5.41, 5.74) is 1.54. The summed E-state index contributed by atoms with van der Waals surface area (Å²) in [6.07, 6.45) is 5.09. The Morgan fingerprint density at radius 3 is 2.00 bits per heavy atom. The number of carbonyl (C=O) groups is 1. The smallest absolute Gasteiger partial charge is 0.232 e. The lowest BCUT2D eigenvalue weighted by molar-refractivity contribution is -0.117. The highest BCUT2D eigenvalue weighted by Gasteiger charge is 2.14. The first-order valence-electron chi connectivity index (χ1n) is 9.99. The number of unbranched alkanes of at least 4 members (excludes halogenated alkanes) is 2. The number of hydrogen-bond donors (Lipinski definition) is 0. The minimum absolute atomic E-state index is 0.0345. The van der Waals surface area contributed by atoms with Gasteiger partial charge in [-0.05, 0) is 68.8 Å². The molecule has 2 rings (SSSR count). The van der Waals surface area contributed by atoms with Gasteiger partial charge in [-0.3, -0.25) is 9.69 Å². The Kier molecular flexibility index (Phi) is 9.05. The number of rotatable bonds is 11. The van der Waals surface area contributed by atoms with E-state index in [1.165, 1.54) is 0 Å². The van der Waals surface area contributed by atoms with Gasteiger partial charge in [-0.15, -0.1) is 0 Å². The van der Waals surface area contributed by atoms with E-state index in [1.54, 1.807) is 11.2 Å². The Bertz CT molecular complexity index is 739. The van der Waals surface area contributed by atoms with E-state index in [0.717, 1.165) is 42.1 Å². The molecule has 0 aliphatic heterocycles. The lowest BCUT2D eigenvalue weighted by atomic mass is 10.2. The van der Waals surface area contributed by atoms with E-state index >= 15 is 0 Å². The highest BCUT2D eigenvalue weighted by molar-refractivity contribution is 6.08. The topological polar surface area (TPSA) is 51.1 Å². The van der Waals surface area contributed by atoms with Gasteiger partial charge in [-0.2, -0.15) is 0 Å². The molecule has 1 amide bonds. The molecule has 0 N–H and O–H groups in total. The van der Waals surface area contributed by atoms with Gasteiger partial charge in [0.2, 0.25) is 5.91 Å². The summed E-state index contributed by atoms with van der Waals surface area (Å²) in [6, 6.07) is 15.0. The van der Waals surface area contributed by atoms with Crippen molar-refractivity contribution in [3.8, 4) is 11.5 Å². The molecule has 0 radical (unpaired) electrons. The number of amides is 1. The normalized spacial score (nSPS) is 10.8. The third-order valence-electron chi connectivity index (χ3n) is 4.16. The van der Waals surface area contributed by atoms with Crippen molar-refractivity contribution in [3.63, 3.8) is 0 Å². The van der Waals surface area contributed by atoms with Crippen LogP contribution in [0.5, 0.6) is 11.5 Å². The van der Waals surface area contributed by atoms with Gasteiger partial charge < -0.3 is 9.47 Å². The van der Waals surface area contributed by atoms with Crippen molar-refractivity contribution in [2.24, 2.45) is 4.99 Å². The zero-order valence-electron chi connectivity index (χ0n) is 17.1. The fourth-order valence-corrected chi connectivity index (χ4v) is 2.71. The van der Waals surface area contributed by atoms with Crippen LogP contribution in [0.4, 0.5) is 11.4 Å². The highest BCUT2D eigenvalue weighted by atomic mass is 16.5. The lowest BCUT2D eigenvalue weighted by Gasteiger charge is -2.18. The Morgan fingerprint density at radius 1 is 0.893 bits per heavy atom. The van der Waals surface area contributed by atoms with E-state index in [0.29, 0.717) is 19.6 Å². The molecule has 0 aromatic heterocycles. The van der Waals surface area contributed by atoms with Gasteiger partial charge >= 0.3 is 0 Å². The Morgan fingerprint density at radius 2 is 1.46 bits per heavy atom. The molecular weight excluding hydrogens is 352 g/mol. The lowest BCUT2D eigenvalue weighted by Crippen LogP contribution is -2.29. The summed E-state index contributed by atoms with van der Waals surface area (Å²) in [6.45, 7) is 7.26. The van der Waals surface area contributed by atoms with Crippen LogP contribution in [0, 0.1) is 0 Å². The first kappa shape index (κ1) is 21.5. The predicted octanol–water partition coefficient (Wildman–Crippen LogP) is 5.76. The van der Waals surface area contributed by atoms with Crippen LogP contribution in [0.1, 0.15) is 46.5 Å². The SMILES string of the molecule is CCCCCC(=O)N(C=Nc1ccc(OCC)cc1)c1ccc(OCC)cc1. The van der Waals surface area contributed by atoms with Crippen LogP contribution in [-0.4, -0.2) is 25.5 Å². The van der Waals surface area contributed by atoms with Crippen molar-refractivity contribution in [2.75, 3.05) is 18.1 Å². The van der Waals surface area contributed by atoms with E-state index in [9.17, 15) is 4.79 Å². The van der Waals surface area contributed by atoms with Crippen molar-refractivity contribution in [2.45, 2.75) is 46.5 Å². The van der Waals surface area contributed by atoms with Crippen molar-refractivity contribution in [1.29, 1.82) is 0 Å². The van der Waals surface area contributed by atoms with Crippen molar-refractivity contribution >= 4 is 23.6 Å². The van der Waals surface area contributed by atoms with E-state index in [4.69, 9.17) is 9.47 Å². The maximum atomic E-state index is 12.8.